The molecule has 1 aromatic rings. The molecule has 160 valence electrons. The molecule has 11 heteroatoms. The van der Waals surface area contributed by atoms with E-state index in [4.69, 9.17) is 10.1 Å². The monoisotopic (exact) mass is 408 g/mol. The number of H-pyrrole nitrogens is 1. The van der Waals surface area contributed by atoms with Gasteiger partial charge in [0.15, 0.2) is 0 Å². The van der Waals surface area contributed by atoms with E-state index in [0.29, 0.717) is 0 Å². The first kappa shape index (κ1) is 23.7. The number of carbonyl (C=O) groups excluding carboxylic acids is 4. The molecular weight excluding hydrogens is 380 g/mol. The minimum Gasteiger partial charge on any atom is -0.444 e. The van der Waals surface area contributed by atoms with Gasteiger partial charge in [-0.05, 0) is 38.8 Å². The predicted molar refractivity (Wildman–Crippen MR) is 106 cm³/mol. The van der Waals surface area contributed by atoms with E-state index in [1.165, 1.54) is 19.1 Å². The summed E-state index contributed by atoms with van der Waals surface area (Å²) in [6.45, 7) is 9.89. The molecule has 11 nitrogen and oxygen atoms in total. The minimum absolute atomic E-state index is 0.0525. The van der Waals surface area contributed by atoms with Crippen molar-refractivity contribution in [2.45, 2.75) is 53.2 Å². The van der Waals surface area contributed by atoms with Crippen LogP contribution in [0.2, 0.25) is 0 Å². The van der Waals surface area contributed by atoms with Gasteiger partial charge in [-0.15, -0.1) is 0 Å². The number of nitrogens with one attached hydrogen (secondary N) is 6. The number of amides is 4. The molecule has 0 radical (unpaired) electrons. The van der Waals surface area contributed by atoms with Crippen molar-refractivity contribution in [3.05, 3.63) is 17.8 Å². The highest BCUT2D eigenvalue weighted by Gasteiger charge is 2.24. The van der Waals surface area contributed by atoms with Crippen molar-refractivity contribution in [2.75, 3.05) is 5.32 Å². The molecule has 29 heavy (non-hydrogen) atoms. The van der Waals surface area contributed by atoms with Crippen molar-refractivity contribution in [1.82, 2.24) is 20.9 Å². The van der Waals surface area contributed by atoms with Crippen LogP contribution in [0.25, 0.3) is 0 Å². The molecule has 1 heterocycles. The topological polar surface area (TPSA) is 165 Å². The summed E-state index contributed by atoms with van der Waals surface area (Å²) in [5, 5.41) is 17.0. The molecule has 1 aromatic heterocycles. The third-order valence-corrected chi connectivity index (χ3v) is 3.36. The van der Waals surface area contributed by atoms with Gasteiger partial charge in [-0.1, -0.05) is 13.8 Å². The Kier molecular flexibility index (Phi) is 7.93. The Hall–Kier alpha value is -3.37. The largest absolute Gasteiger partial charge is 0.444 e. The van der Waals surface area contributed by atoms with Crippen LogP contribution in [-0.4, -0.2) is 46.4 Å². The van der Waals surface area contributed by atoms with Crippen molar-refractivity contribution in [3.8, 4) is 0 Å². The molecule has 0 bridgehead atoms. The first-order valence-corrected chi connectivity index (χ1v) is 8.95. The maximum atomic E-state index is 12.3. The summed E-state index contributed by atoms with van der Waals surface area (Å²) in [5.74, 6) is -1.94. The van der Waals surface area contributed by atoms with Gasteiger partial charge < -0.3 is 20.4 Å². The second-order valence-electron chi connectivity index (χ2n) is 7.65. The first-order chi connectivity index (χ1) is 13.3. The highest BCUT2D eigenvalue weighted by atomic mass is 16.6. The Morgan fingerprint density at radius 1 is 1.10 bits per heavy atom. The fourth-order valence-corrected chi connectivity index (χ4v) is 2.18. The number of aromatic nitrogens is 1. The summed E-state index contributed by atoms with van der Waals surface area (Å²) < 4.78 is 4.99. The third-order valence-electron chi connectivity index (χ3n) is 3.36. The Labute approximate surface area is 168 Å². The molecule has 0 aliphatic rings. The van der Waals surface area contributed by atoms with Gasteiger partial charge in [0.2, 0.25) is 17.8 Å². The van der Waals surface area contributed by atoms with E-state index in [1.54, 1.807) is 34.6 Å². The van der Waals surface area contributed by atoms with E-state index < -0.39 is 35.5 Å². The van der Waals surface area contributed by atoms with Crippen LogP contribution in [0.3, 0.4) is 0 Å². The molecular formula is C18H28N6O5. The summed E-state index contributed by atoms with van der Waals surface area (Å²) >= 11 is 0. The quantitative estimate of drug-likeness (QED) is 0.319. The van der Waals surface area contributed by atoms with Crippen LogP contribution >= 0.6 is 0 Å². The zero-order chi connectivity index (χ0) is 22.4. The Balaban J connectivity index is 2.67. The van der Waals surface area contributed by atoms with Crippen LogP contribution in [0.15, 0.2) is 12.1 Å². The zero-order valence-electron chi connectivity index (χ0n) is 17.4. The lowest BCUT2D eigenvalue weighted by atomic mass is 10.0. The van der Waals surface area contributed by atoms with E-state index in [9.17, 15) is 19.2 Å². The number of ether oxygens (including phenoxy) is 1. The van der Waals surface area contributed by atoms with E-state index in [1.807, 2.05) is 0 Å². The normalized spacial score (nSPS) is 12.0. The second kappa shape index (κ2) is 9.71. The molecule has 0 spiro atoms. The van der Waals surface area contributed by atoms with Crippen molar-refractivity contribution >= 4 is 35.6 Å². The van der Waals surface area contributed by atoms with Gasteiger partial charge in [0.1, 0.15) is 23.2 Å². The predicted octanol–water partition coefficient (Wildman–Crippen LogP) is 1.30. The lowest BCUT2D eigenvalue weighted by molar-refractivity contribution is -0.126. The van der Waals surface area contributed by atoms with Crippen molar-refractivity contribution in [1.29, 1.82) is 5.41 Å². The van der Waals surface area contributed by atoms with Gasteiger partial charge in [-0.25, -0.2) is 4.79 Å². The summed E-state index contributed by atoms with van der Waals surface area (Å²) in [6, 6.07) is 2.12. The van der Waals surface area contributed by atoms with E-state index in [2.05, 4.69) is 26.3 Å². The van der Waals surface area contributed by atoms with Crippen LogP contribution < -0.4 is 21.3 Å². The lowest BCUT2D eigenvalue weighted by Gasteiger charge is -2.20. The molecule has 4 amide bonds. The molecule has 1 rings (SSSR count). The van der Waals surface area contributed by atoms with Crippen LogP contribution in [0, 0.1) is 11.3 Å². The lowest BCUT2D eigenvalue weighted by Crippen LogP contribution is -2.46. The number of rotatable bonds is 5. The van der Waals surface area contributed by atoms with E-state index in [-0.39, 0.29) is 23.3 Å². The number of anilines is 1. The molecule has 0 unspecified atom stereocenters. The number of carbonyl (C=O) groups is 4. The van der Waals surface area contributed by atoms with Crippen LogP contribution in [0.4, 0.5) is 10.6 Å². The fraction of sp³-hybridized carbons (Fsp3) is 0.500. The third kappa shape index (κ3) is 8.45. The van der Waals surface area contributed by atoms with Gasteiger partial charge >= 0.3 is 6.09 Å². The molecule has 6 N–H and O–H groups in total. The van der Waals surface area contributed by atoms with Gasteiger partial charge in [-0.2, -0.15) is 0 Å². The van der Waals surface area contributed by atoms with Crippen LogP contribution in [-0.2, 0) is 14.3 Å². The van der Waals surface area contributed by atoms with Gasteiger partial charge in [-0.3, -0.25) is 30.4 Å². The Morgan fingerprint density at radius 3 is 2.24 bits per heavy atom. The standard InChI is InChI=1S/C18H28N6O5/c1-9(2)13(20-10(3)25)15(27)22-12-8-7-11(21-12)14(26)23-16(19)24-17(28)29-18(4,5)6/h7-9,13,21H,1-6H3,(H,20,25)(H,22,27)(H3,19,23,24,26,28)/t13-/m0/s1. The van der Waals surface area contributed by atoms with Crippen molar-refractivity contribution < 1.29 is 23.9 Å². The number of hydrogen-bond acceptors (Lipinski definition) is 6. The molecule has 0 aliphatic heterocycles. The molecule has 0 saturated heterocycles. The van der Waals surface area contributed by atoms with E-state index >= 15 is 0 Å². The Bertz CT molecular complexity index is 793. The van der Waals surface area contributed by atoms with Crippen LogP contribution in [0.1, 0.15) is 52.0 Å². The van der Waals surface area contributed by atoms with Crippen LogP contribution in [0.5, 0.6) is 0 Å². The van der Waals surface area contributed by atoms with Gasteiger partial charge in [0.25, 0.3) is 5.91 Å². The summed E-state index contributed by atoms with van der Waals surface area (Å²) in [4.78, 5) is 50.0. The smallest absolute Gasteiger partial charge is 0.414 e. The summed E-state index contributed by atoms with van der Waals surface area (Å²) in [7, 11) is 0. The number of hydrogen-bond donors (Lipinski definition) is 6. The maximum Gasteiger partial charge on any atom is 0.414 e. The SMILES string of the molecule is CC(=O)N[C@H](C(=O)Nc1ccc(C(=O)NC(=N)NC(=O)OC(C)(C)C)[nH]1)C(C)C. The number of guanidine groups is 1. The highest BCUT2D eigenvalue weighted by Crippen LogP contribution is 2.10. The van der Waals surface area contributed by atoms with Gasteiger partial charge in [0, 0.05) is 6.92 Å². The maximum absolute atomic E-state index is 12.3. The Morgan fingerprint density at radius 2 is 1.72 bits per heavy atom. The van der Waals surface area contributed by atoms with Crippen molar-refractivity contribution in [2.24, 2.45) is 5.92 Å². The minimum atomic E-state index is -0.875. The summed E-state index contributed by atoms with van der Waals surface area (Å²) in [6.07, 6.45) is -0.875. The second-order valence-corrected chi connectivity index (χ2v) is 7.65. The average molecular weight is 408 g/mol. The molecule has 0 aliphatic carbocycles. The molecule has 0 aromatic carbocycles. The first-order valence-electron chi connectivity index (χ1n) is 8.95. The fourth-order valence-electron chi connectivity index (χ4n) is 2.18. The zero-order valence-corrected chi connectivity index (χ0v) is 17.4. The van der Waals surface area contributed by atoms with Crippen molar-refractivity contribution in [3.63, 3.8) is 0 Å². The summed E-state index contributed by atoms with van der Waals surface area (Å²) in [5.41, 5.74) is -0.692. The molecule has 1 atom stereocenters. The molecule has 0 fully saturated rings. The highest BCUT2D eigenvalue weighted by molar-refractivity contribution is 6.07. The van der Waals surface area contributed by atoms with E-state index in [0.717, 1.165) is 0 Å². The average Bonchev–Trinajstić information content (AvgIpc) is 2.98. The molecule has 0 saturated carbocycles. The number of alkyl carbamates (subject to hydrolysis) is 1. The van der Waals surface area contributed by atoms with Gasteiger partial charge in [0.05, 0.1) is 0 Å². The number of aromatic amines is 1.